The van der Waals surface area contributed by atoms with Crippen molar-refractivity contribution >= 4 is 45.5 Å². The molecule has 31 heavy (non-hydrogen) atoms. The molecule has 1 fully saturated rings. The second-order valence-electron chi connectivity index (χ2n) is 7.89. The number of aromatic nitrogens is 2. The maximum Gasteiger partial charge on any atom is 0.209 e. The van der Waals surface area contributed by atoms with Crippen LogP contribution >= 0.6 is 22.7 Å². The lowest BCUT2D eigenvalue weighted by atomic mass is 10.1. The van der Waals surface area contributed by atoms with E-state index in [0.29, 0.717) is 5.13 Å². The van der Waals surface area contributed by atoms with E-state index in [4.69, 9.17) is 0 Å². The summed E-state index contributed by atoms with van der Waals surface area (Å²) in [6, 6.07) is 7.62. The molecule has 1 aliphatic rings. The summed E-state index contributed by atoms with van der Waals surface area (Å²) in [6.45, 7) is 12.8. The van der Waals surface area contributed by atoms with E-state index in [1.165, 1.54) is 30.8 Å². The standard InChI is InChI=1S/C17H18N4OS3.C4H10N2/c1-17(2,3)21-25(22)12-7-5-11(6-8-12)15-19-13(9-23-15)14-10-24-16(18-4)20-14;1-2-5-4-6-3-1/h5-10,21H,4H2,1-3H3;5-6H,1-4H2. The Bertz CT molecular complexity index is 991. The molecular weight excluding hydrogens is 448 g/mol. The number of nitrogens with one attached hydrogen (secondary N) is 3. The van der Waals surface area contributed by atoms with Gasteiger partial charge in [-0.15, -0.1) is 22.7 Å². The monoisotopic (exact) mass is 476 g/mol. The smallest absolute Gasteiger partial charge is 0.209 e. The third-order valence-electron chi connectivity index (χ3n) is 4.07. The lowest BCUT2D eigenvalue weighted by Crippen LogP contribution is -2.37. The van der Waals surface area contributed by atoms with E-state index in [2.05, 4.69) is 37.0 Å². The Hall–Kier alpha value is -1.82. The zero-order valence-electron chi connectivity index (χ0n) is 18.0. The number of rotatable bonds is 5. The van der Waals surface area contributed by atoms with E-state index < -0.39 is 11.0 Å². The van der Waals surface area contributed by atoms with Crippen LogP contribution in [-0.2, 0) is 11.0 Å². The molecule has 0 spiro atoms. The minimum Gasteiger partial charge on any atom is -0.304 e. The first-order valence-corrected chi connectivity index (χ1v) is 12.9. The summed E-state index contributed by atoms with van der Waals surface area (Å²) >= 11 is 3.00. The lowest BCUT2D eigenvalue weighted by Gasteiger charge is -2.19. The van der Waals surface area contributed by atoms with Crippen LogP contribution < -0.4 is 15.4 Å². The Morgan fingerprint density at radius 3 is 2.23 bits per heavy atom. The van der Waals surface area contributed by atoms with E-state index >= 15 is 0 Å². The third kappa shape index (κ3) is 7.37. The minimum absolute atomic E-state index is 0.208. The Labute approximate surface area is 194 Å². The van der Waals surface area contributed by atoms with Crippen molar-refractivity contribution in [3.05, 3.63) is 35.0 Å². The third-order valence-corrected chi connectivity index (χ3v) is 7.23. The van der Waals surface area contributed by atoms with Crippen molar-refractivity contribution < 1.29 is 4.21 Å². The van der Waals surface area contributed by atoms with Gasteiger partial charge in [0.2, 0.25) is 5.13 Å². The van der Waals surface area contributed by atoms with Gasteiger partial charge >= 0.3 is 0 Å². The normalized spacial score (nSPS) is 15.1. The maximum absolute atomic E-state index is 12.3. The highest BCUT2D eigenvalue weighted by atomic mass is 32.2. The van der Waals surface area contributed by atoms with Crippen molar-refractivity contribution in [3.8, 4) is 22.0 Å². The first-order chi connectivity index (χ1) is 14.9. The lowest BCUT2D eigenvalue weighted by molar-refractivity contribution is 0.496. The number of hydrogen-bond donors (Lipinski definition) is 3. The molecule has 0 aliphatic carbocycles. The van der Waals surface area contributed by atoms with E-state index in [1.54, 1.807) is 11.3 Å². The topological polar surface area (TPSA) is 91.3 Å². The number of benzene rings is 1. The number of hydrogen-bond acceptors (Lipinski definition) is 8. The summed E-state index contributed by atoms with van der Waals surface area (Å²) in [5.74, 6) is 0. The van der Waals surface area contributed by atoms with Crippen molar-refractivity contribution in [2.75, 3.05) is 19.8 Å². The zero-order chi connectivity index (χ0) is 22.3. The largest absolute Gasteiger partial charge is 0.304 e. The van der Waals surface area contributed by atoms with Gasteiger partial charge in [0.25, 0.3) is 0 Å². The summed E-state index contributed by atoms with van der Waals surface area (Å²) in [7, 11) is -1.23. The van der Waals surface area contributed by atoms with Gasteiger partial charge < -0.3 is 10.6 Å². The van der Waals surface area contributed by atoms with Gasteiger partial charge in [-0.3, -0.25) is 0 Å². The fourth-order valence-electron chi connectivity index (χ4n) is 2.64. The van der Waals surface area contributed by atoms with Crippen molar-refractivity contribution in [1.82, 2.24) is 25.3 Å². The van der Waals surface area contributed by atoms with Gasteiger partial charge in [-0.2, -0.15) is 0 Å². The molecule has 1 atom stereocenters. The molecule has 7 nitrogen and oxygen atoms in total. The number of thiazole rings is 2. The summed E-state index contributed by atoms with van der Waals surface area (Å²) < 4.78 is 15.4. The quantitative estimate of drug-likeness (QED) is 0.480. The highest BCUT2D eigenvalue weighted by molar-refractivity contribution is 7.83. The second kappa shape index (κ2) is 11.2. The first kappa shape index (κ1) is 23.8. The average Bonchev–Trinajstić information content (AvgIpc) is 3.44. The van der Waals surface area contributed by atoms with Crippen LogP contribution in [-0.4, -0.2) is 46.2 Å². The van der Waals surface area contributed by atoms with Crippen molar-refractivity contribution in [1.29, 1.82) is 0 Å². The van der Waals surface area contributed by atoms with Gasteiger partial charge in [-0.05, 0) is 59.1 Å². The average molecular weight is 477 g/mol. The van der Waals surface area contributed by atoms with E-state index in [0.717, 1.165) is 33.5 Å². The van der Waals surface area contributed by atoms with Crippen molar-refractivity contribution in [2.24, 2.45) is 4.99 Å². The molecule has 3 N–H and O–H groups in total. The molecule has 166 valence electrons. The molecule has 1 aromatic carbocycles. The zero-order valence-corrected chi connectivity index (χ0v) is 20.4. The van der Waals surface area contributed by atoms with Crippen LogP contribution in [0.15, 0.2) is 44.9 Å². The number of aliphatic imine (C=N–C) groups is 1. The molecule has 1 saturated heterocycles. The predicted molar refractivity (Wildman–Crippen MR) is 133 cm³/mol. The molecule has 1 unspecified atom stereocenters. The highest BCUT2D eigenvalue weighted by Gasteiger charge is 2.15. The molecule has 0 saturated carbocycles. The van der Waals surface area contributed by atoms with Crippen molar-refractivity contribution in [2.45, 2.75) is 37.6 Å². The summed E-state index contributed by atoms with van der Waals surface area (Å²) in [5.41, 5.74) is 2.42. The van der Waals surface area contributed by atoms with Gasteiger partial charge in [0.1, 0.15) is 27.4 Å². The van der Waals surface area contributed by atoms with E-state index in [9.17, 15) is 4.21 Å². The van der Waals surface area contributed by atoms with Crippen molar-refractivity contribution in [3.63, 3.8) is 0 Å². The molecule has 2 aromatic heterocycles. The summed E-state index contributed by atoms with van der Waals surface area (Å²) in [4.78, 5) is 13.6. The Kier molecular flexibility index (Phi) is 8.58. The van der Waals surface area contributed by atoms with Crippen LogP contribution in [0.25, 0.3) is 22.0 Å². The fraction of sp³-hybridized carbons (Fsp3) is 0.381. The van der Waals surface area contributed by atoms with Gasteiger partial charge in [0.05, 0.1) is 4.90 Å². The predicted octanol–water partition coefficient (Wildman–Crippen LogP) is 4.20. The van der Waals surface area contributed by atoms with E-state index in [1.807, 2.05) is 55.8 Å². The van der Waals surface area contributed by atoms with Gasteiger partial charge in [-0.25, -0.2) is 23.9 Å². The van der Waals surface area contributed by atoms with Crippen LogP contribution in [0.4, 0.5) is 5.13 Å². The molecule has 0 amide bonds. The SMILES string of the molecule is C1CNCNC1.C=Nc1nc(-c2csc(-c3ccc(S(=O)NC(C)(C)C)cc3)n2)cs1. The first-order valence-electron chi connectivity index (χ1n) is 9.95. The highest BCUT2D eigenvalue weighted by Crippen LogP contribution is 2.31. The molecule has 3 heterocycles. The molecule has 10 heteroatoms. The molecule has 0 bridgehead atoms. The van der Waals surface area contributed by atoms with E-state index in [-0.39, 0.29) is 5.54 Å². The Balaban J connectivity index is 0.000000391. The molecule has 0 radical (unpaired) electrons. The van der Waals surface area contributed by atoms with Gasteiger partial charge in [0, 0.05) is 28.5 Å². The molecule has 3 aromatic rings. The van der Waals surface area contributed by atoms with Crippen LogP contribution in [0.5, 0.6) is 0 Å². The van der Waals surface area contributed by atoms with Crippen LogP contribution in [0.3, 0.4) is 0 Å². The molecular formula is C21H28N6OS3. The van der Waals surface area contributed by atoms with Crippen LogP contribution in [0, 0.1) is 0 Å². The minimum atomic E-state index is -1.23. The fourth-order valence-corrected chi connectivity index (χ4v) is 5.13. The second-order valence-corrected chi connectivity index (χ2v) is 10.8. The number of nitrogens with zero attached hydrogens (tertiary/aromatic N) is 3. The van der Waals surface area contributed by atoms with Gasteiger partial charge in [0.15, 0.2) is 0 Å². The Morgan fingerprint density at radius 1 is 1.06 bits per heavy atom. The molecule has 1 aliphatic heterocycles. The molecule has 4 rings (SSSR count). The van der Waals surface area contributed by atoms with Crippen LogP contribution in [0.2, 0.25) is 0 Å². The van der Waals surface area contributed by atoms with Crippen LogP contribution in [0.1, 0.15) is 27.2 Å². The summed E-state index contributed by atoms with van der Waals surface area (Å²) in [6.07, 6.45) is 1.28. The summed E-state index contributed by atoms with van der Waals surface area (Å²) in [5, 5.41) is 11.8. The maximum atomic E-state index is 12.3. The van der Waals surface area contributed by atoms with Gasteiger partial charge in [-0.1, -0.05) is 12.1 Å². The Morgan fingerprint density at radius 2 is 1.71 bits per heavy atom.